The molecule has 1 aromatic heterocycles. The molecule has 3 heterocycles. The summed E-state index contributed by atoms with van der Waals surface area (Å²) >= 11 is 0. The lowest BCUT2D eigenvalue weighted by atomic mass is 9.96. The topological polar surface area (TPSA) is 80.0 Å². The Morgan fingerprint density at radius 1 is 1.17 bits per heavy atom. The Hall–Kier alpha value is -3.12. The number of carbonyl (C=O) groups excluding carboxylic acids is 1. The van der Waals surface area contributed by atoms with Crippen LogP contribution < -0.4 is 5.43 Å². The van der Waals surface area contributed by atoms with Crippen LogP contribution in [0.25, 0.3) is 11.0 Å². The van der Waals surface area contributed by atoms with E-state index in [0.717, 1.165) is 24.0 Å². The molecule has 0 aliphatic carbocycles. The Bertz CT molecular complexity index is 1220. The molecule has 2 unspecified atom stereocenters. The number of phenolic OH excluding ortho intramolecular Hbond substituents is 1. The fourth-order valence-electron chi connectivity index (χ4n) is 4.75. The molecule has 1 fully saturated rings. The van der Waals surface area contributed by atoms with Crippen molar-refractivity contribution in [1.29, 1.82) is 0 Å². The van der Waals surface area contributed by atoms with Gasteiger partial charge in [-0.15, -0.1) is 0 Å². The van der Waals surface area contributed by atoms with E-state index in [0.29, 0.717) is 35.2 Å². The minimum atomic E-state index is -0.620. The van der Waals surface area contributed by atoms with E-state index in [1.54, 1.807) is 29.2 Å². The second-order valence-corrected chi connectivity index (χ2v) is 8.22. The molecule has 3 aromatic rings. The molecule has 0 radical (unpaired) electrons. The third kappa shape index (κ3) is 2.91. The van der Waals surface area contributed by atoms with Crippen LogP contribution in [0.5, 0.6) is 5.75 Å². The summed E-state index contributed by atoms with van der Waals surface area (Å²) in [5.74, 6) is -0.140. The molecule has 2 aromatic carbocycles. The third-order valence-corrected chi connectivity index (χ3v) is 6.02. The van der Waals surface area contributed by atoms with Crippen LogP contribution in [0.1, 0.15) is 51.7 Å². The maximum atomic E-state index is 13.6. The molecule has 1 N–H and O–H groups in total. The van der Waals surface area contributed by atoms with Gasteiger partial charge < -0.3 is 19.2 Å². The number of benzene rings is 2. The molecule has 1 saturated heterocycles. The number of amides is 1. The van der Waals surface area contributed by atoms with E-state index in [-0.39, 0.29) is 28.9 Å². The number of carbonyl (C=O) groups is 1. The summed E-state index contributed by atoms with van der Waals surface area (Å²) in [6, 6.07) is 9.82. The summed E-state index contributed by atoms with van der Waals surface area (Å²) in [4.78, 5) is 28.7. The van der Waals surface area contributed by atoms with Crippen molar-refractivity contribution in [3.8, 4) is 5.75 Å². The maximum absolute atomic E-state index is 13.6. The predicted octanol–water partition coefficient (Wildman–Crippen LogP) is 3.84. The molecular weight excluding hydrogens is 382 g/mol. The van der Waals surface area contributed by atoms with Gasteiger partial charge in [-0.3, -0.25) is 9.59 Å². The maximum Gasteiger partial charge on any atom is 0.291 e. The van der Waals surface area contributed by atoms with Crippen LogP contribution >= 0.6 is 0 Å². The molecule has 154 valence electrons. The smallest absolute Gasteiger partial charge is 0.291 e. The Morgan fingerprint density at radius 2 is 2.00 bits per heavy atom. The molecule has 5 rings (SSSR count). The second kappa shape index (κ2) is 6.99. The minimum Gasteiger partial charge on any atom is -0.508 e. The lowest BCUT2D eigenvalue weighted by Gasteiger charge is -2.27. The molecule has 0 saturated carbocycles. The van der Waals surface area contributed by atoms with E-state index in [4.69, 9.17) is 9.15 Å². The Morgan fingerprint density at radius 3 is 2.73 bits per heavy atom. The average Bonchev–Trinajstić information content (AvgIpc) is 3.29. The Kier molecular flexibility index (Phi) is 4.40. The molecule has 1 amide bonds. The van der Waals surface area contributed by atoms with Crippen molar-refractivity contribution in [2.24, 2.45) is 0 Å². The number of aromatic hydroxyl groups is 1. The van der Waals surface area contributed by atoms with Gasteiger partial charge in [0.15, 0.2) is 5.43 Å². The number of hydrogen-bond donors (Lipinski definition) is 1. The molecule has 30 heavy (non-hydrogen) atoms. The van der Waals surface area contributed by atoms with Crippen molar-refractivity contribution in [3.63, 3.8) is 0 Å². The van der Waals surface area contributed by atoms with Crippen molar-refractivity contribution in [3.05, 3.63) is 74.6 Å². The molecule has 2 aliphatic rings. The highest BCUT2D eigenvalue weighted by Crippen LogP contribution is 2.40. The summed E-state index contributed by atoms with van der Waals surface area (Å²) in [7, 11) is 0. The molecule has 0 bridgehead atoms. The van der Waals surface area contributed by atoms with E-state index in [9.17, 15) is 14.7 Å². The highest BCUT2D eigenvalue weighted by Gasteiger charge is 2.44. The predicted molar refractivity (Wildman–Crippen MR) is 112 cm³/mol. The number of fused-ring (bicyclic) bond motifs is 2. The van der Waals surface area contributed by atoms with Crippen LogP contribution in [0.3, 0.4) is 0 Å². The van der Waals surface area contributed by atoms with Crippen molar-refractivity contribution < 1.29 is 19.1 Å². The van der Waals surface area contributed by atoms with Gasteiger partial charge in [-0.05, 0) is 61.6 Å². The highest BCUT2D eigenvalue weighted by atomic mass is 16.5. The number of nitrogens with zero attached hydrogens (tertiary/aromatic N) is 1. The van der Waals surface area contributed by atoms with Gasteiger partial charge in [0.25, 0.3) is 5.91 Å². The van der Waals surface area contributed by atoms with E-state index in [1.165, 1.54) is 0 Å². The molecule has 6 nitrogen and oxygen atoms in total. The standard InChI is InChI=1S/C24H23NO5/c1-13-9-14(2)19-18(10-13)30-23-20(22(19)27)21(15-5-3-6-16(26)11-15)25(24(23)28)12-17-7-4-8-29-17/h3,5-6,9-11,17,21,26H,4,7-8,12H2,1-2H3. The molecular formula is C24H23NO5. The second-order valence-electron chi connectivity index (χ2n) is 8.22. The highest BCUT2D eigenvalue weighted by molar-refractivity contribution is 5.99. The summed E-state index contributed by atoms with van der Waals surface area (Å²) in [6.07, 6.45) is 1.75. The monoisotopic (exact) mass is 405 g/mol. The van der Waals surface area contributed by atoms with Crippen molar-refractivity contribution in [2.75, 3.05) is 13.2 Å². The number of hydrogen-bond acceptors (Lipinski definition) is 5. The zero-order valence-electron chi connectivity index (χ0n) is 17.0. The van der Waals surface area contributed by atoms with Crippen molar-refractivity contribution in [2.45, 2.75) is 38.8 Å². The van der Waals surface area contributed by atoms with Gasteiger partial charge in [-0.2, -0.15) is 0 Å². The van der Waals surface area contributed by atoms with Crippen LogP contribution in [0.15, 0.2) is 45.6 Å². The van der Waals surface area contributed by atoms with E-state index in [2.05, 4.69) is 0 Å². The molecule has 2 aliphatic heterocycles. The van der Waals surface area contributed by atoms with Gasteiger partial charge in [-0.1, -0.05) is 18.2 Å². The fourth-order valence-corrected chi connectivity index (χ4v) is 4.75. The van der Waals surface area contributed by atoms with Gasteiger partial charge in [-0.25, -0.2) is 0 Å². The number of rotatable bonds is 3. The Labute approximate surface area is 173 Å². The van der Waals surface area contributed by atoms with Crippen LogP contribution in [0.4, 0.5) is 0 Å². The van der Waals surface area contributed by atoms with Crippen molar-refractivity contribution in [1.82, 2.24) is 4.90 Å². The number of phenols is 1. The number of ether oxygens (including phenoxy) is 1. The van der Waals surface area contributed by atoms with Crippen molar-refractivity contribution >= 4 is 16.9 Å². The number of aryl methyl sites for hydroxylation is 2. The lowest BCUT2D eigenvalue weighted by molar-refractivity contribution is 0.0486. The van der Waals surface area contributed by atoms with E-state index >= 15 is 0 Å². The largest absolute Gasteiger partial charge is 0.508 e. The first kappa shape index (κ1) is 18.9. The Balaban J connectivity index is 1.74. The van der Waals surface area contributed by atoms with Gasteiger partial charge in [0.1, 0.15) is 11.3 Å². The zero-order chi connectivity index (χ0) is 21.0. The summed E-state index contributed by atoms with van der Waals surface area (Å²) in [6.45, 7) is 4.86. The minimum absolute atomic E-state index is 0.0726. The first-order valence-corrected chi connectivity index (χ1v) is 10.2. The lowest BCUT2D eigenvalue weighted by Crippen LogP contribution is -2.36. The molecule has 0 spiro atoms. The first-order valence-electron chi connectivity index (χ1n) is 10.2. The summed E-state index contributed by atoms with van der Waals surface area (Å²) in [5.41, 5.74) is 3.04. The van der Waals surface area contributed by atoms with Gasteiger partial charge in [0.2, 0.25) is 5.76 Å². The van der Waals surface area contributed by atoms with Gasteiger partial charge in [0, 0.05) is 13.2 Å². The molecule has 6 heteroatoms. The summed E-state index contributed by atoms with van der Waals surface area (Å²) in [5, 5.41) is 10.5. The molecule has 2 atom stereocenters. The normalized spacial score (nSPS) is 20.9. The van der Waals surface area contributed by atoms with Crippen LogP contribution in [0, 0.1) is 13.8 Å². The quantitative estimate of drug-likeness (QED) is 0.716. The van der Waals surface area contributed by atoms with Crippen LogP contribution in [0.2, 0.25) is 0 Å². The van der Waals surface area contributed by atoms with E-state index < -0.39 is 6.04 Å². The van der Waals surface area contributed by atoms with E-state index in [1.807, 2.05) is 26.0 Å². The van der Waals surface area contributed by atoms with Gasteiger partial charge >= 0.3 is 0 Å². The third-order valence-electron chi connectivity index (χ3n) is 6.02. The van der Waals surface area contributed by atoms with Crippen LogP contribution in [-0.4, -0.2) is 35.2 Å². The zero-order valence-corrected chi connectivity index (χ0v) is 17.0. The average molecular weight is 405 g/mol. The first-order chi connectivity index (χ1) is 14.4. The fraction of sp³-hybridized carbons (Fsp3) is 0.333. The SMILES string of the molecule is Cc1cc(C)c2c(=O)c3c(oc2c1)C(=O)N(CC1CCCO1)C3c1cccc(O)c1. The van der Waals surface area contributed by atoms with Crippen LogP contribution in [-0.2, 0) is 4.74 Å². The summed E-state index contributed by atoms with van der Waals surface area (Å²) < 4.78 is 11.8. The van der Waals surface area contributed by atoms with Gasteiger partial charge in [0.05, 0.1) is 23.1 Å².